The van der Waals surface area contributed by atoms with E-state index < -0.39 is 0 Å². The second kappa shape index (κ2) is 16.7. The molecule has 16 aromatic rings. The minimum Gasteiger partial charge on any atom is -0.456 e. The van der Waals surface area contributed by atoms with E-state index in [1.807, 2.05) is 0 Å². The van der Waals surface area contributed by atoms with Crippen LogP contribution in [0.5, 0.6) is 0 Å². The monoisotopic (exact) mass is 994 g/mol. The minimum absolute atomic E-state index is 0.0396. The summed E-state index contributed by atoms with van der Waals surface area (Å²) in [5.41, 5.74) is 18.9. The Morgan fingerprint density at radius 3 is 1.36 bits per heavy atom. The average Bonchev–Trinajstić information content (AvgIpc) is 4.38. The quantitative estimate of drug-likeness (QED) is 0.166. The molecule has 0 saturated heterocycles. The third kappa shape index (κ3) is 6.29. The Morgan fingerprint density at radius 2 is 0.756 bits per heavy atom. The molecule has 4 heteroatoms. The molecule has 0 amide bonds. The topological polar surface area (TPSA) is 36.1 Å². The number of para-hydroxylation sites is 2. The molecule has 4 nitrogen and oxygen atoms in total. The summed E-state index contributed by atoms with van der Waals surface area (Å²) in [5.74, 6) is 0. The van der Waals surface area contributed by atoms with E-state index >= 15 is 0 Å². The molecule has 1 atom stereocenters. The highest BCUT2D eigenvalue weighted by Gasteiger charge is 2.26. The van der Waals surface area contributed by atoms with Crippen LogP contribution in [0.3, 0.4) is 0 Å². The lowest BCUT2D eigenvalue weighted by Crippen LogP contribution is -2.10. The van der Waals surface area contributed by atoms with Gasteiger partial charge < -0.3 is 18.0 Å². The molecule has 1 aliphatic rings. The number of nitrogens with zero attached hydrogens (tertiary/aromatic N) is 2. The fourth-order valence-corrected chi connectivity index (χ4v) is 13.5. The molecule has 0 saturated carbocycles. The van der Waals surface area contributed by atoms with Crippen molar-refractivity contribution in [3.8, 4) is 44.5 Å². The van der Waals surface area contributed by atoms with Crippen LogP contribution >= 0.6 is 0 Å². The second-order valence-corrected chi connectivity index (χ2v) is 21.0. The lowest BCUT2D eigenvalue weighted by atomic mass is 9.93. The number of furan rings is 2. The van der Waals surface area contributed by atoms with Crippen LogP contribution in [0.25, 0.3) is 159 Å². The fraction of sp³-hybridized carbons (Fsp3) is 0.0270. The van der Waals surface area contributed by atoms with E-state index in [0.29, 0.717) is 0 Å². The van der Waals surface area contributed by atoms with Crippen molar-refractivity contribution < 1.29 is 8.83 Å². The van der Waals surface area contributed by atoms with Gasteiger partial charge in [0.15, 0.2) is 0 Å². The van der Waals surface area contributed by atoms with Crippen molar-refractivity contribution in [2.24, 2.45) is 0 Å². The van der Waals surface area contributed by atoms with Gasteiger partial charge >= 0.3 is 0 Å². The van der Waals surface area contributed by atoms with Crippen LogP contribution < -0.4 is 0 Å². The van der Waals surface area contributed by atoms with Gasteiger partial charge in [0.25, 0.3) is 0 Å². The van der Waals surface area contributed by atoms with Gasteiger partial charge in [-0.15, -0.1) is 0 Å². The molecular weight excluding hydrogens is 949 g/mol. The molecule has 12 aromatic carbocycles. The summed E-state index contributed by atoms with van der Waals surface area (Å²) >= 11 is 0. The first-order valence-corrected chi connectivity index (χ1v) is 27.0. The first kappa shape index (κ1) is 43.1. The number of fused-ring (bicyclic) bond motifs is 14. The molecule has 1 unspecified atom stereocenters. The van der Waals surface area contributed by atoms with Crippen molar-refractivity contribution in [1.29, 1.82) is 0 Å². The molecule has 0 fully saturated rings. The van der Waals surface area contributed by atoms with Crippen LogP contribution in [0.15, 0.2) is 270 Å². The Labute approximate surface area is 448 Å². The molecule has 0 aliphatic heterocycles. The molecule has 4 heterocycles. The number of rotatable bonds is 6. The maximum atomic E-state index is 6.67. The van der Waals surface area contributed by atoms with Gasteiger partial charge in [0.2, 0.25) is 0 Å². The van der Waals surface area contributed by atoms with E-state index in [0.717, 1.165) is 61.6 Å². The number of hydrogen-bond donors (Lipinski definition) is 0. The van der Waals surface area contributed by atoms with E-state index in [2.05, 4.69) is 270 Å². The third-order valence-corrected chi connectivity index (χ3v) is 16.8. The predicted molar refractivity (Wildman–Crippen MR) is 327 cm³/mol. The highest BCUT2D eigenvalue weighted by Crippen LogP contribution is 2.48. The summed E-state index contributed by atoms with van der Waals surface area (Å²) in [5, 5.41) is 14.4. The van der Waals surface area contributed by atoms with E-state index in [1.165, 1.54) is 104 Å². The van der Waals surface area contributed by atoms with Crippen molar-refractivity contribution in [3.63, 3.8) is 0 Å². The van der Waals surface area contributed by atoms with Crippen molar-refractivity contribution in [3.05, 3.63) is 261 Å². The Hall–Kier alpha value is -10.2. The minimum atomic E-state index is 0.0396. The van der Waals surface area contributed by atoms with Gasteiger partial charge in [0.05, 0.1) is 22.6 Å². The Morgan fingerprint density at radius 1 is 0.321 bits per heavy atom. The zero-order chi connectivity index (χ0) is 51.0. The number of allylic oxidation sites excluding steroid dienone is 4. The standard InChI is InChI=1S/C74H46N2O2/c1-3-22-51-45(16-1)18-9-26-53(51)47-38-40-67-61(42-47)73-57(30-14-36-69(73)77-67)55-28-12-34-65-71(55)59-24-5-7-32-63(59)75(65)49-20-11-21-50(44-49)76-64-33-8-6-25-60(64)72-56(29-13-35-66(72)76)58-31-15-37-70-74(58)62-43-48(39-41-68(62)78-70)54-27-10-19-46-17-2-4-23-52(46)54/h1-20,22-44,50H,21H2. The molecule has 78 heavy (non-hydrogen) atoms. The number of benzene rings is 12. The summed E-state index contributed by atoms with van der Waals surface area (Å²) < 4.78 is 18.4. The van der Waals surface area contributed by atoms with E-state index in [9.17, 15) is 0 Å². The predicted octanol–water partition coefficient (Wildman–Crippen LogP) is 20.7. The maximum Gasteiger partial charge on any atom is 0.136 e. The summed E-state index contributed by atoms with van der Waals surface area (Å²) in [7, 11) is 0. The lowest BCUT2D eigenvalue weighted by Gasteiger charge is -2.22. The lowest BCUT2D eigenvalue weighted by molar-refractivity contribution is 0.647. The average molecular weight is 995 g/mol. The van der Waals surface area contributed by atoms with Crippen LogP contribution in [-0.2, 0) is 0 Å². The normalized spacial score (nSPS) is 14.0. The number of aromatic nitrogens is 2. The third-order valence-electron chi connectivity index (χ3n) is 16.8. The van der Waals surface area contributed by atoms with Gasteiger partial charge in [-0.05, 0) is 145 Å². The van der Waals surface area contributed by atoms with Gasteiger partial charge in [0, 0.05) is 54.3 Å². The van der Waals surface area contributed by atoms with Crippen LogP contribution in [0, 0.1) is 0 Å². The molecular formula is C74H46N2O2. The largest absolute Gasteiger partial charge is 0.456 e. The van der Waals surface area contributed by atoms with Crippen LogP contribution in [-0.4, -0.2) is 9.13 Å². The summed E-state index contributed by atoms with van der Waals surface area (Å²) in [6.07, 6.45) is 8.05. The van der Waals surface area contributed by atoms with Crippen molar-refractivity contribution in [2.45, 2.75) is 12.5 Å². The molecule has 1 aliphatic carbocycles. The van der Waals surface area contributed by atoms with Crippen LogP contribution in [0.1, 0.15) is 12.5 Å². The van der Waals surface area contributed by atoms with E-state index in [4.69, 9.17) is 8.83 Å². The highest BCUT2D eigenvalue weighted by molar-refractivity contribution is 6.23. The van der Waals surface area contributed by atoms with Crippen molar-refractivity contribution >= 4 is 115 Å². The molecule has 0 N–H and O–H groups in total. The van der Waals surface area contributed by atoms with Crippen molar-refractivity contribution in [2.75, 3.05) is 0 Å². The molecule has 0 bridgehead atoms. The van der Waals surface area contributed by atoms with Gasteiger partial charge in [-0.2, -0.15) is 0 Å². The Balaban J connectivity index is 0.822. The maximum absolute atomic E-state index is 6.67. The Bertz CT molecular complexity index is 5250. The van der Waals surface area contributed by atoms with Gasteiger partial charge in [-0.3, -0.25) is 0 Å². The fourth-order valence-electron chi connectivity index (χ4n) is 13.5. The summed E-state index contributed by atoms with van der Waals surface area (Å²) in [6.45, 7) is 0. The molecule has 4 aromatic heterocycles. The molecule has 17 rings (SSSR count). The molecule has 0 radical (unpaired) electrons. The highest BCUT2D eigenvalue weighted by atomic mass is 16.3. The van der Waals surface area contributed by atoms with Crippen LogP contribution in [0.2, 0.25) is 0 Å². The van der Waals surface area contributed by atoms with E-state index in [-0.39, 0.29) is 6.04 Å². The first-order valence-electron chi connectivity index (χ1n) is 27.0. The molecule has 364 valence electrons. The smallest absolute Gasteiger partial charge is 0.136 e. The second-order valence-electron chi connectivity index (χ2n) is 21.0. The van der Waals surface area contributed by atoms with E-state index in [1.54, 1.807) is 0 Å². The van der Waals surface area contributed by atoms with Gasteiger partial charge in [-0.1, -0.05) is 188 Å². The Kier molecular flexibility index (Phi) is 9.21. The number of hydrogen-bond acceptors (Lipinski definition) is 2. The zero-order valence-electron chi connectivity index (χ0n) is 42.3. The van der Waals surface area contributed by atoms with Gasteiger partial charge in [-0.25, -0.2) is 0 Å². The summed E-state index contributed by atoms with van der Waals surface area (Å²) in [6, 6.07) is 88.4. The first-order chi connectivity index (χ1) is 38.7. The van der Waals surface area contributed by atoms with Gasteiger partial charge in [0.1, 0.15) is 22.3 Å². The zero-order valence-corrected chi connectivity index (χ0v) is 42.3. The van der Waals surface area contributed by atoms with Crippen LogP contribution in [0.4, 0.5) is 0 Å². The molecule has 0 spiro atoms. The van der Waals surface area contributed by atoms with Crippen molar-refractivity contribution in [1.82, 2.24) is 9.13 Å². The SMILES string of the molecule is C1=CC(n2c3ccccc3c3c(-c4cccc5oc6ccc(-c7cccc8ccccc78)cc6c45)cccc32)=CC(n2c3ccccc3c3c(-c4cccc5oc6ccc(-c7cccc8ccccc78)cc6c45)cccc32)C1. The summed E-state index contributed by atoms with van der Waals surface area (Å²) in [4.78, 5) is 0.